The molecule has 3 N–H and O–H groups in total. The number of aliphatic carboxylic acids is 1. The third-order valence-electron chi connectivity index (χ3n) is 3.30. The second-order valence-corrected chi connectivity index (χ2v) is 6.03. The molecule has 0 spiro atoms. The topological polar surface area (TPSA) is 89.9 Å². The Kier molecular flexibility index (Phi) is 4.61. The van der Waals surface area contributed by atoms with Crippen LogP contribution in [0.4, 0.5) is 4.79 Å². The van der Waals surface area contributed by atoms with Crippen LogP contribution in [0.15, 0.2) is 12.1 Å². The molecule has 7 heteroatoms. The molecule has 1 aliphatic rings. The summed E-state index contributed by atoms with van der Waals surface area (Å²) in [6.07, 6.45) is 0.273. The van der Waals surface area contributed by atoms with E-state index in [4.69, 9.17) is 5.11 Å². The molecule has 0 aliphatic carbocycles. The highest BCUT2D eigenvalue weighted by atomic mass is 32.1. The summed E-state index contributed by atoms with van der Waals surface area (Å²) >= 11 is 1.63. The van der Waals surface area contributed by atoms with Crippen LogP contribution in [0.1, 0.15) is 23.1 Å². The van der Waals surface area contributed by atoms with Gasteiger partial charge < -0.3 is 20.4 Å². The molecular weight excluding hydrogens is 280 g/mol. The van der Waals surface area contributed by atoms with E-state index < -0.39 is 24.1 Å². The predicted molar refractivity (Wildman–Crippen MR) is 74.7 cm³/mol. The molecule has 20 heavy (non-hydrogen) atoms. The van der Waals surface area contributed by atoms with E-state index in [-0.39, 0.29) is 13.0 Å². The molecule has 1 aromatic rings. The maximum absolute atomic E-state index is 12.0. The zero-order valence-electron chi connectivity index (χ0n) is 11.2. The number of carboxylic acids is 1. The fourth-order valence-corrected chi connectivity index (χ4v) is 3.14. The molecule has 2 amide bonds. The number of nitrogens with zero attached hydrogens (tertiary/aromatic N) is 1. The molecule has 110 valence electrons. The van der Waals surface area contributed by atoms with Gasteiger partial charge in [-0.25, -0.2) is 9.59 Å². The summed E-state index contributed by atoms with van der Waals surface area (Å²) in [6, 6.07) is 2.59. The number of nitrogens with one attached hydrogen (secondary N) is 1. The Morgan fingerprint density at radius 2 is 2.15 bits per heavy atom. The van der Waals surface area contributed by atoms with Gasteiger partial charge in [0.1, 0.15) is 6.04 Å². The number of urea groups is 1. The van der Waals surface area contributed by atoms with Crippen molar-refractivity contribution in [2.45, 2.75) is 38.5 Å². The van der Waals surface area contributed by atoms with E-state index in [1.54, 1.807) is 11.3 Å². The lowest BCUT2D eigenvalue weighted by atomic mass is 10.2. The van der Waals surface area contributed by atoms with Crippen molar-refractivity contribution in [2.75, 3.05) is 6.54 Å². The minimum absolute atomic E-state index is 0.0629. The lowest BCUT2D eigenvalue weighted by molar-refractivity contribution is -0.141. The lowest BCUT2D eigenvalue weighted by Crippen LogP contribution is -2.45. The molecule has 0 radical (unpaired) electrons. The highest BCUT2D eigenvalue weighted by Crippen LogP contribution is 2.19. The standard InChI is InChI=1S/C13H18N2O4S/c1-2-9-3-4-10(20-9)6-14-13(19)15-7-8(16)5-11(15)12(17)18/h3-4,8,11,16H,2,5-7H2,1H3,(H,14,19)(H,17,18)/t8-,11-/m1/s1. The second-order valence-electron chi connectivity index (χ2n) is 4.78. The quantitative estimate of drug-likeness (QED) is 0.775. The Hall–Kier alpha value is -1.60. The van der Waals surface area contributed by atoms with E-state index >= 15 is 0 Å². The molecule has 0 aromatic carbocycles. The molecule has 0 saturated carbocycles. The Labute approximate surface area is 121 Å². The second kappa shape index (κ2) is 6.23. The third kappa shape index (κ3) is 3.29. The van der Waals surface area contributed by atoms with Crippen molar-refractivity contribution in [3.8, 4) is 0 Å². The molecule has 2 rings (SSSR count). The zero-order chi connectivity index (χ0) is 14.7. The van der Waals surface area contributed by atoms with Crippen LogP contribution < -0.4 is 5.32 Å². The first-order valence-electron chi connectivity index (χ1n) is 6.54. The number of hydrogen-bond donors (Lipinski definition) is 3. The Morgan fingerprint density at radius 3 is 2.75 bits per heavy atom. The van der Waals surface area contributed by atoms with Crippen LogP contribution in [0, 0.1) is 0 Å². The Morgan fingerprint density at radius 1 is 1.45 bits per heavy atom. The minimum Gasteiger partial charge on any atom is -0.480 e. The van der Waals surface area contributed by atoms with E-state index in [0.717, 1.165) is 11.3 Å². The fraction of sp³-hybridized carbons (Fsp3) is 0.538. The summed E-state index contributed by atoms with van der Waals surface area (Å²) in [5, 5.41) is 21.3. The summed E-state index contributed by atoms with van der Waals surface area (Å²) in [6.45, 7) is 2.51. The zero-order valence-corrected chi connectivity index (χ0v) is 12.0. The fourth-order valence-electron chi connectivity index (χ4n) is 2.24. The molecular formula is C13H18N2O4S. The average molecular weight is 298 g/mol. The van der Waals surface area contributed by atoms with Crippen molar-refractivity contribution >= 4 is 23.3 Å². The molecule has 1 fully saturated rings. The molecule has 2 atom stereocenters. The molecule has 6 nitrogen and oxygen atoms in total. The number of carbonyl (C=O) groups excluding carboxylic acids is 1. The van der Waals surface area contributed by atoms with Crippen LogP contribution in [-0.4, -0.2) is 45.8 Å². The van der Waals surface area contributed by atoms with Crippen LogP contribution in [-0.2, 0) is 17.8 Å². The summed E-state index contributed by atoms with van der Waals surface area (Å²) in [5.74, 6) is -1.08. The number of rotatable bonds is 4. The molecule has 1 aliphatic heterocycles. The van der Waals surface area contributed by atoms with Gasteiger partial charge in [0, 0.05) is 22.7 Å². The molecule has 2 heterocycles. The first-order valence-corrected chi connectivity index (χ1v) is 7.35. The monoisotopic (exact) mass is 298 g/mol. The van der Waals surface area contributed by atoms with Crippen LogP contribution >= 0.6 is 11.3 Å². The number of thiophene rings is 1. The maximum atomic E-state index is 12.0. The normalized spacial score (nSPS) is 22.0. The van der Waals surface area contributed by atoms with E-state index in [9.17, 15) is 14.7 Å². The van der Waals surface area contributed by atoms with Crippen LogP contribution in [0.5, 0.6) is 0 Å². The van der Waals surface area contributed by atoms with E-state index in [1.165, 1.54) is 9.78 Å². The van der Waals surface area contributed by atoms with Gasteiger partial charge in [-0.1, -0.05) is 6.92 Å². The maximum Gasteiger partial charge on any atom is 0.326 e. The van der Waals surface area contributed by atoms with Crippen molar-refractivity contribution < 1.29 is 19.8 Å². The number of carbonyl (C=O) groups is 2. The van der Waals surface area contributed by atoms with Gasteiger partial charge in [0.05, 0.1) is 12.6 Å². The number of β-amino-alcohol motifs (C(OH)–C–C–N with tert-alkyl or cyclic N) is 1. The number of aliphatic hydroxyl groups excluding tert-OH is 1. The molecule has 1 saturated heterocycles. The van der Waals surface area contributed by atoms with E-state index in [0.29, 0.717) is 6.54 Å². The smallest absolute Gasteiger partial charge is 0.326 e. The number of carboxylic acid groups (broad SMARTS) is 1. The number of aryl methyl sites for hydroxylation is 1. The van der Waals surface area contributed by atoms with Crippen molar-refractivity contribution in [3.05, 3.63) is 21.9 Å². The summed E-state index contributed by atoms with van der Waals surface area (Å²) in [4.78, 5) is 26.5. The third-order valence-corrected chi connectivity index (χ3v) is 4.53. The van der Waals surface area contributed by atoms with Crippen LogP contribution in [0.25, 0.3) is 0 Å². The van der Waals surface area contributed by atoms with Crippen molar-refractivity contribution in [1.82, 2.24) is 10.2 Å². The summed E-state index contributed by atoms with van der Waals surface area (Å²) in [7, 11) is 0. The minimum atomic E-state index is -1.08. The van der Waals surface area contributed by atoms with Crippen molar-refractivity contribution in [3.63, 3.8) is 0 Å². The number of hydrogen-bond acceptors (Lipinski definition) is 4. The first-order chi connectivity index (χ1) is 9.51. The molecule has 0 bridgehead atoms. The van der Waals surface area contributed by atoms with Crippen LogP contribution in [0.2, 0.25) is 0 Å². The van der Waals surface area contributed by atoms with Gasteiger partial charge in [-0.3, -0.25) is 0 Å². The first kappa shape index (κ1) is 14.8. The van der Waals surface area contributed by atoms with Gasteiger partial charge in [0.15, 0.2) is 0 Å². The van der Waals surface area contributed by atoms with E-state index in [1.807, 2.05) is 12.1 Å². The number of amides is 2. The highest BCUT2D eigenvalue weighted by Gasteiger charge is 2.38. The van der Waals surface area contributed by atoms with Gasteiger partial charge >= 0.3 is 12.0 Å². The average Bonchev–Trinajstić information content (AvgIpc) is 3.02. The van der Waals surface area contributed by atoms with Gasteiger partial charge in [0.2, 0.25) is 0 Å². The lowest BCUT2D eigenvalue weighted by Gasteiger charge is -2.21. The summed E-state index contributed by atoms with van der Waals surface area (Å²) in [5.41, 5.74) is 0. The van der Waals surface area contributed by atoms with Crippen LogP contribution in [0.3, 0.4) is 0 Å². The van der Waals surface area contributed by atoms with Crippen molar-refractivity contribution in [2.24, 2.45) is 0 Å². The largest absolute Gasteiger partial charge is 0.480 e. The van der Waals surface area contributed by atoms with Gasteiger partial charge in [-0.2, -0.15) is 0 Å². The van der Waals surface area contributed by atoms with E-state index in [2.05, 4.69) is 12.2 Å². The Balaban J connectivity index is 1.92. The number of aliphatic hydroxyl groups is 1. The van der Waals surface area contributed by atoms with Gasteiger partial charge in [0.25, 0.3) is 0 Å². The SMILES string of the molecule is CCc1ccc(CNC(=O)N2C[C@H](O)C[C@@H]2C(=O)O)s1. The Bertz CT molecular complexity index is 502. The number of likely N-dealkylation sites (tertiary alicyclic amines) is 1. The van der Waals surface area contributed by atoms with Gasteiger partial charge in [-0.05, 0) is 18.6 Å². The van der Waals surface area contributed by atoms with Gasteiger partial charge in [-0.15, -0.1) is 11.3 Å². The summed E-state index contributed by atoms with van der Waals surface area (Å²) < 4.78 is 0. The highest BCUT2D eigenvalue weighted by molar-refractivity contribution is 7.11. The van der Waals surface area contributed by atoms with Crippen molar-refractivity contribution in [1.29, 1.82) is 0 Å². The molecule has 0 unspecified atom stereocenters. The molecule has 1 aromatic heterocycles. The predicted octanol–water partition coefficient (Wildman–Crippen LogP) is 1.04.